The normalized spacial score (nSPS) is 19.1. The Morgan fingerprint density at radius 2 is 2.00 bits per heavy atom. The van der Waals surface area contributed by atoms with Gasteiger partial charge in [0.1, 0.15) is 0 Å². The number of hydrogen-bond donors (Lipinski definition) is 1. The van der Waals surface area contributed by atoms with Crippen LogP contribution >= 0.6 is 11.3 Å². The zero-order valence-corrected chi connectivity index (χ0v) is 21.1. The molecule has 5 nitrogen and oxygen atoms in total. The van der Waals surface area contributed by atoms with Crippen molar-refractivity contribution in [3.63, 3.8) is 0 Å². The first-order chi connectivity index (χ1) is 17.0. The number of carboxylic acids is 1. The molecule has 5 rings (SSSR count). The van der Waals surface area contributed by atoms with Crippen LogP contribution in [-0.4, -0.2) is 25.6 Å². The quantitative estimate of drug-likeness (QED) is 0.276. The van der Waals surface area contributed by atoms with Crippen LogP contribution in [0, 0.1) is 24.7 Å². The van der Waals surface area contributed by atoms with E-state index in [0.717, 1.165) is 47.6 Å². The number of fused-ring (bicyclic) bond motifs is 1. The standard InChI is InChI=1S/C29H33N3O2S/c1-20-10-11-25-27(12-20)32(19-30-25)17-22-7-5-6-21(13-22)14-23(16-29(33)34)15-28-31-26(18-35-28)24-8-3-2-4-9-24/h2-4,8-12,18-19,21-23H,5-7,13-17H2,1H3,(H,33,34)/t21?,22-,23?/m0/s1. The highest BCUT2D eigenvalue weighted by atomic mass is 32.1. The Bertz CT molecular complexity index is 1280. The van der Waals surface area contributed by atoms with Crippen LogP contribution in [0.4, 0.5) is 0 Å². The summed E-state index contributed by atoms with van der Waals surface area (Å²) in [5, 5.41) is 12.7. The second kappa shape index (κ2) is 10.7. The molecule has 4 aromatic rings. The molecule has 0 spiro atoms. The van der Waals surface area contributed by atoms with Gasteiger partial charge in [0.15, 0.2) is 0 Å². The van der Waals surface area contributed by atoms with Crippen molar-refractivity contribution in [2.45, 2.75) is 58.4 Å². The van der Waals surface area contributed by atoms with Crippen molar-refractivity contribution in [2.75, 3.05) is 0 Å². The molecule has 1 fully saturated rings. The molecule has 1 saturated carbocycles. The highest BCUT2D eigenvalue weighted by molar-refractivity contribution is 7.09. The number of rotatable bonds is 9. The first kappa shape index (κ1) is 23.7. The summed E-state index contributed by atoms with van der Waals surface area (Å²) in [4.78, 5) is 21.1. The van der Waals surface area contributed by atoms with E-state index in [2.05, 4.69) is 52.2 Å². The number of aryl methyl sites for hydroxylation is 1. The smallest absolute Gasteiger partial charge is 0.303 e. The van der Waals surface area contributed by atoms with E-state index in [9.17, 15) is 9.90 Å². The van der Waals surface area contributed by atoms with Crippen molar-refractivity contribution >= 4 is 28.3 Å². The second-order valence-corrected chi connectivity index (χ2v) is 11.1. The largest absolute Gasteiger partial charge is 0.481 e. The minimum Gasteiger partial charge on any atom is -0.481 e. The molecule has 2 unspecified atom stereocenters. The van der Waals surface area contributed by atoms with Crippen LogP contribution in [0.2, 0.25) is 0 Å². The zero-order valence-electron chi connectivity index (χ0n) is 20.3. The number of aromatic nitrogens is 3. The van der Waals surface area contributed by atoms with Gasteiger partial charge in [0, 0.05) is 30.3 Å². The van der Waals surface area contributed by atoms with Crippen LogP contribution < -0.4 is 0 Å². The molecule has 182 valence electrons. The Hall–Kier alpha value is -2.99. The summed E-state index contributed by atoms with van der Waals surface area (Å²) in [6.45, 7) is 3.12. The maximum Gasteiger partial charge on any atom is 0.303 e. The van der Waals surface area contributed by atoms with Crippen LogP contribution in [0.5, 0.6) is 0 Å². The molecule has 2 heterocycles. The molecule has 1 aliphatic rings. The van der Waals surface area contributed by atoms with E-state index in [-0.39, 0.29) is 12.3 Å². The first-order valence-corrected chi connectivity index (χ1v) is 13.5. The summed E-state index contributed by atoms with van der Waals surface area (Å²) >= 11 is 1.65. The van der Waals surface area contributed by atoms with E-state index >= 15 is 0 Å². The lowest BCUT2D eigenvalue weighted by Gasteiger charge is -2.31. The van der Waals surface area contributed by atoms with Gasteiger partial charge < -0.3 is 9.67 Å². The molecule has 0 radical (unpaired) electrons. The van der Waals surface area contributed by atoms with Gasteiger partial charge in [-0.15, -0.1) is 11.3 Å². The van der Waals surface area contributed by atoms with Crippen molar-refractivity contribution in [1.82, 2.24) is 14.5 Å². The monoisotopic (exact) mass is 487 g/mol. The molecule has 1 N–H and O–H groups in total. The van der Waals surface area contributed by atoms with Crippen LogP contribution in [0.25, 0.3) is 22.3 Å². The topological polar surface area (TPSA) is 68.0 Å². The number of imidazole rings is 1. The number of hydrogen-bond acceptors (Lipinski definition) is 4. The van der Waals surface area contributed by atoms with Gasteiger partial charge in [-0.25, -0.2) is 9.97 Å². The van der Waals surface area contributed by atoms with E-state index in [0.29, 0.717) is 11.8 Å². The van der Waals surface area contributed by atoms with E-state index in [1.54, 1.807) is 11.3 Å². The Labute approximate surface area is 210 Å². The van der Waals surface area contributed by atoms with Gasteiger partial charge in [-0.1, -0.05) is 49.2 Å². The van der Waals surface area contributed by atoms with Crippen molar-refractivity contribution in [2.24, 2.45) is 17.8 Å². The Morgan fingerprint density at radius 1 is 1.17 bits per heavy atom. The van der Waals surface area contributed by atoms with Gasteiger partial charge in [0.25, 0.3) is 0 Å². The summed E-state index contributed by atoms with van der Waals surface area (Å²) in [6.07, 6.45) is 8.72. The molecule has 2 aromatic carbocycles. The number of aliphatic carboxylic acids is 1. The minimum absolute atomic E-state index is 0.128. The zero-order chi connectivity index (χ0) is 24.2. The van der Waals surface area contributed by atoms with Gasteiger partial charge in [-0.2, -0.15) is 0 Å². The second-order valence-electron chi connectivity index (χ2n) is 10.2. The van der Waals surface area contributed by atoms with E-state index in [1.807, 2.05) is 24.5 Å². The third kappa shape index (κ3) is 5.99. The van der Waals surface area contributed by atoms with Crippen molar-refractivity contribution in [1.29, 1.82) is 0 Å². The fourth-order valence-corrected chi connectivity index (χ4v) is 6.64. The van der Waals surface area contributed by atoms with Crippen molar-refractivity contribution < 1.29 is 9.90 Å². The van der Waals surface area contributed by atoms with Crippen molar-refractivity contribution in [3.05, 3.63) is 70.8 Å². The Kier molecular flexibility index (Phi) is 7.28. The van der Waals surface area contributed by atoms with Gasteiger partial charge in [-0.05, 0) is 61.6 Å². The average molecular weight is 488 g/mol. The predicted octanol–water partition coefficient (Wildman–Crippen LogP) is 7.00. The highest BCUT2D eigenvalue weighted by Gasteiger charge is 2.27. The fraction of sp³-hybridized carbons (Fsp3) is 0.414. The molecule has 35 heavy (non-hydrogen) atoms. The van der Waals surface area contributed by atoms with Gasteiger partial charge >= 0.3 is 5.97 Å². The lowest BCUT2D eigenvalue weighted by Crippen LogP contribution is -2.23. The van der Waals surface area contributed by atoms with Crippen LogP contribution in [-0.2, 0) is 17.8 Å². The van der Waals surface area contributed by atoms with E-state index < -0.39 is 5.97 Å². The van der Waals surface area contributed by atoms with Gasteiger partial charge in [0.05, 0.1) is 28.1 Å². The molecule has 0 aliphatic heterocycles. The molecular weight excluding hydrogens is 454 g/mol. The summed E-state index contributed by atoms with van der Waals surface area (Å²) in [6, 6.07) is 16.6. The lowest BCUT2D eigenvalue weighted by atomic mass is 9.76. The van der Waals surface area contributed by atoms with Crippen LogP contribution in [0.15, 0.2) is 60.2 Å². The molecule has 0 saturated heterocycles. The SMILES string of the molecule is Cc1ccc2ncn(C[C@H]3CCCC(CC(CC(=O)O)Cc4nc(-c5ccccc5)cs4)C3)c2c1. The summed E-state index contributed by atoms with van der Waals surface area (Å²) < 4.78 is 2.31. The molecule has 3 atom stereocenters. The summed E-state index contributed by atoms with van der Waals surface area (Å²) in [5.41, 5.74) is 5.63. The van der Waals surface area contributed by atoms with Crippen molar-refractivity contribution in [3.8, 4) is 11.3 Å². The minimum atomic E-state index is -0.706. The highest BCUT2D eigenvalue weighted by Crippen LogP contribution is 2.36. The third-order valence-corrected chi connectivity index (χ3v) is 8.21. The Morgan fingerprint density at radius 3 is 2.83 bits per heavy atom. The third-order valence-electron chi connectivity index (χ3n) is 7.34. The number of nitrogens with zero attached hydrogens (tertiary/aromatic N) is 3. The number of carboxylic acid groups (broad SMARTS) is 1. The van der Waals surface area contributed by atoms with E-state index in [1.165, 1.54) is 30.3 Å². The predicted molar refractivity (Wildman–Crippen MR) is 142 cm³/mol. The maximum absolute atomic E-state index is 11.7. The number of benzene rings is 2. The van der Waals surface area contributed by atoms with Gasteiger partial charge in [-0.3, -0.25) is 4.79 Å². The number of thiazole rings is 1. The summed E-state index contributed by atoms with van der Waals surface area (Å²) in [5.74, 6) is 0.607. The lowest BCUT2D eigenvalue weighted by molar-refractivity contribution is -0.138. The molecule has 6 heteroatoms. The maximum atomic E-state index is 11.7. The fourth-order valence-electron chi connectivity index (χ4n) is 5.72. The summed E-state index contributed by atoms with van der Waals surface area (Å²) in [7, 11) is 0. The van der Waals surface area contributed by atoms with Gasteiger partial charge in [0.2, 0.25) is 0 Å². The van der Waals surface area contributed by atoms with E-state index in [4.69, 9.17) is 4.98 Å². The molecule has 1 aliphatic carbocycles. The molecular formula is C29H33N3O2S. The van der Waals surface area contributed by atoms with Crippen LogP contribution in [0.3, 0.4) is 0 Å². The Balaban J connectivity index is 1.23. The molecule has 0 bridgehead atoms. The number of carbonyl (C=O) groups is 1. The average Bonchev–Trinajstić information content (AvgIpc) is 3.47. The van der Waals surface area contributed by atoms with Crippen LogP contribution in [0.1, 0.15) is 49.1 Å². The molecule has 2 aromatic heterocycles. The first-order valence-electron chi connectivity index (χ1n) is 12.7. The molecule has 0 amide bonds.